The van der Waals surface area contributed by atoms with E-state index in [4.69, 9.17) is 5.73 Å². The molecule has 0 aromatic heterocycles. The van der Waals surface area contributed by atoms with Crippen LogP contribution in [0.15, 0.2) is 0 Å². The van der Waals surface area contributed by atoms with Crippen LogP contribution < -0.4 is 11.1 Å². The number of nitrogens with two attached hydrogens (primary N) is 1. The highest BCUT2D eigenvalue weighted by atomic mass is 16.2. The Hall–Kier alpha value is -0.570. The zero-order valence-electron chi connectivity index (χ0n) is 7.13. The SMILES string of the molecule is CC(C)CNC(=O)C1CC1N. The minimum atomic E-state index is 0.105. The highest BCUT2D eigenvalue weighted by Gasteiger charge is 2.39. The van der Waals surface area contributed by atoms with Gasteiger partial charge in [-0.15, -0.1) is 0 Å². The Morgan fingerprint density at radius 1 is 1.73 bits per heavy atom. The summed E-state index contributed by atoms with van der Waals surface area (Å²) in [5.41, 5.74) is 5.51. The lowest BCUT2D eigenvalue weighted by Gasteiger charge is -2.06. The monoisotopic (exact) mass is 156 g/mol. The number of hydrogen-bond donors (Lipinski definition) is 2. The predicted molar refractivity (Wildman–Crippen MR) is 43.9 cm³/mol. The summed E-state index contributed by atoms with van der Waals surface area (Å²) in [6.45, 7) is 4.92. The third-order valence-corrected chi connectivity index (χ3v) is 1.86. The van der Waals surface area contributed by atoms with Crippen molar-refractivity contribution in [2.24, 2.45) is 17.6 Å². The zero-order valence-corrected chi connectivity index (χ0v) is 7.13. The van der Waals surface area contributed by atoms with Crippen molar-refractivity contribution in [3.63, 3.8) is 0 Å². The molecule has 3 heteroatoms. The highest BCUT2D eigenvalue weighted by molar-refractivity contribution is 5.82. The Morgan fingerprint density at radius 3 is 2.64 bits per heavy atom. The third-order valence-electron chi connectivity index (χ3n) is 1.86. The van der Waals surface area contributed by atoms with Crippen LogP contribution in [0.5, 0.6) is 0 Å². The van der Waals surface area contributed by atoms with Gasteiger partial charge < -0.3 is 11.1 Å². The van der Waals surface area contributed by atoms with Crippen LogP contribution in [0, 0.1) is 11.8 Å². The van der Waals surface area contributed by atoms with Crippen molar-refractivity contribution in [3.05, 3.63) is 0 Å². The summed E-state index contributed by atoms with van der Waals surface area (Å²) < 4.78 is 0. The van der Waals surface area contributed by atoms with Gasteiger partial charge in [-0.2, -0.15) is 0 Å². The van der Waals surface area contributed by atoms with Gasteiger partial charge >= 0.3 is 0 Å². The summed E-state index contributed by atoms with van der Waals surface area (Å²) in [6, 6.07) is 0.127. The van der Waals surface area contributed by atoms with Gasteiger partial charge in [0.25, 0.3) is 0 Å². The number of rotatable bonds is 3. The van der Waals surface area contributed by atoms with E-state index in [1.165, 1.54) is 0 Å². The van der Waals surface area contributed by atoms with Gasteiger partial charge in [-0.3, -0.25) is 4.79 Å². The molecule has 0 aromatic carbocycles. The average molecular weight is 156 g/mol. The van der Waals surface area contributed by atoms with E-state index in [9.17, 15) is 4.79 Å². The van der Waals surface area contributed by atoms with E-state index in [1.807, 2.05) is 0 Å². The fraction of sp³-hybridized carbons (Fsp3) is 0.875. The molecule has 3 N–H and O–H groups in total. The van der Waals surface area contributed by atoms with Crippen molar-refractivity contribution in [1.82, 2.24) is 5.32 Å². The van der Waals surface area contributed by atoms with Crippen LogP contribution in [-0.4, -0.2) is 18.5 Å². The second-order valence-corrected chi connectivity index (χ2v) is 3.65. The molecule has 1 rings (SSSR count). The van der Waals surface area contributed by atoms with Gasteiger partial charge in [0.2, 0.25) is 5.91 Å². The molecule has 1 amide bonds. The van der Waals surface area contributed by atoms with Crippen molar-refractivity contribution in [1.29, 1.82) is 0 Å². The van der Waals surface area contributed by atoms with E-state index >= 15 is 0 Å². The van der Waals surface area contributed by atoms with Crippen molar-refractivity contribution in [2.75, 3.05) is 6.54 Å². The molecule has 1 saturated carbocycles. The van der Waals surface area contributed by atoms with Gasteiger partial charge in [0, 0.05) is 12.6 Å². The number of nitrogens with one attached hydrogen (secondary N) is 1. The van der Waals surface area contributed by atoms with Crippen LogP contribution in [0.2, 0.25) is 0 Å². The Kier molecular flexibility index (Phi) is 2.49. The normalized spacial score (nSPS) is 28.7. The first kappa shape index (κ1) is 8.53. The molecule has 1 fully saturated rings. The molecule has 64 valence electrons. The molecule has 0 heterocycles. The molecule has 1 aliphatic rings. The maximum absolute atomic E-state index is 11.1. The first-order chi connectivity index (χ1) is 5.11. The van der Waals surface area contributed by atoms with Gasteiger partial charge in [-0.1, -0.05) is 13.8 Å². The molecule has 11 heavy (non-hydrogen) atoms. The quantitative estimate of drug-likeness (QED) is 0.609. The molecule has 0 spiro atoms. The second-order valence-electron chi connectivity index (χ2n) is 3.65. The Bertz CT molecular complexity index is 156. The Labute approximate surface area is 67.3 Å². The molecule has 0 radical (unpaired) electrons. The molecule has 0 bridgehead atoms. The zero-order chi connectivity index (χ0) is 8.43. The number of carbonyl (C=O) groups is 1. The number of amides is 1. The van der Waals surface area contributed by atoms with Crippen molar-refractivity contribution in [2.45, 2.75) is 26.3 Å². The molecule has 0 aliphatic heterocycles. The first-order valence-electron chi connectivity index (χ1n) is 4.14. The summed E-state index contributed by atoms with van der Waals surface area (Å²) >= 11 is 0. The lowest BCUT2D eigenvalue weighted by molar-refractivity contribution is -0.122. The van der Waals surface area contributed by atoms with Crippen molar-refractivity contribution >= 4 is 5.91 Å². The van der Waals surface area contributed by atoms with E-state index in [1.54, 1.807) is 0 Å². The van der Waals surface area contributed by atoms with Crippen molar-refractivity contribution in [3.8, 4) is 0 Å². The molecule has 0 saturated heterocycles. The Morgan fingerprint density at radius 2 is 2.27 bits per heavy atom. The summed E-state index contributed by atoms with van der Waals surface area (Å²) in [7, 11) is 0. The molecule has 1 aliphatic carbocycles. The van der Waals surface area contributed by atoms with Crippen LogP contribution in [0.4, 0.5) is 0 Å². The second kappa shape index (κ2) is 3.22. The topological polar surface area (TPSA) is 55.1 Å². The molecular formula is C8H16N2O. The molecular weight excluding hydrogens is 140 g/mol. The molecule has 0 aromatic rings. The van der Waals surface area contributed by atoms with Gasteiger partial charge in [0.1, 0.15) is 0 Å². The number of hydrogen-bond acceptors (Lipinski definition) is 2. The van der Waals surface area contributed by atoms with Crippen LogP contribution >= 0.6 is 0 Å². The third kappa shape index (κ3) is 2.50. The summed E-state index contributed by atoms with van der Waals surface area (Å²) in [5, 5.41) is 2.86. The van der Waals surface area contributed by atoms with Gasteiger partial charge in [-0.25, -0.2) is 0 Å². The van der Waals surface area contributed by atoms with E-state index in [0.29, 0.717) is 5.92 Å². The van der Waals surface area contributed by atoms with Crippen LogP contribution in [0.25, 0.3) is 0 Å². The Balaban J connectivity index is 2.12. The summed E-state index contributed by atoms with van der Waals surface area (Å²) in [4.78, 5) is 11.1. The van der Waals surface area contributed by atoms with E-state index in [0.717, 1.165) is 13.0 Å². The van der Waals surface area contributed by atoms with E-state index in [-0.39, 0.29) is 17.9 Å². The van der Waals surface area contributed by atoms with Crippen LogP contribution in [0.3, 0.4) is 0 Å². The van der Waals surface area contributed by atoms with Gasteiger partial charge in [-0.05, 0) is 12.3 Å². The van der Waals surface area contributed by atoms with Crippen LogP contribution in [0.1, 0.15) is 20.3 Å². The summed E-state index contributed by atoms with van der Waals surface area (Å²) in [6.07, 6.45) is 0.865. The molecule has 2 unspecified atom stereocenters. The van der Waals surface area contributed by atoms with Crippen molar-refractivity contribution < 1.29 is 4.79 Å². The molecule has 2 atom stereocenters. The fourth-order valence-electron chi connectivity index (χ4n) is 0.952. The predicted octanol–water partition coefficient (Wildman–Crippen LogP) is 0.106. The van der Waals surface area contributed by atoms with Gasteiger partial charge in [0.05, 0.1) is 5.92 Å². The number of carbonyl (C=O) groups excluding carboxylic acids is 1. The highest BCUT2D eigenvalue weighted by Crippen LogP contribution is 2.27. The first-order valence-corrected chi connectivity index (χ1v) is 4.14. The van der Waals surface area contributed by atoms with E-state index in [2.05, 4.69) is 19.2 Å². The van der Waals surface area contributed by atoms with Gasteiger partial charge in [0.15, 0.2) is 0 Å². The average Bonchev–Trinajstić information content (AvgIpc) is 2.61. The minimum Gasteiger partial charge on any atom is -0.356 e. The van der Waals surface area contributed by atoms with E-state index < -0.39 is 0 Å². The standard InChI is InChI=1S/C8H16N2O/c1-5(2)4-10-8(11)6-3-7(6)9/h5-7H,3-4,9H2,1-2H3,(H,10,11). The fourth-order valence-corrected chi connectivity index (χ4v) is 0.952. The van der Waals surface area contributed by atoms with Crippen LogP contribution in [-0.2, 0) is 4.79 Å². The lowest BCUT2D eigenvalue weighted by Crippen LogP contribution is -2.30. The maximum Gasteiger partial charge on any atom is 0.224 e. The smallest absolute Gasteiger partial charge is 0.224 e. The lowest BCUT2D eigenvalue weighted by atomic mass is 10.2. The summed E-state index contributed by atoms with van der Waals surface area (Å²) in [5.74, 6) is 0.758. The maximum atomic E-state index is 11.1. The minimum absolute atomic E-state index is 0.105. The molecule has 3 nitrogen and oxygen atoms in total. The largest absolute Gasteiger partial charge is 0.356 e.